The maximum atomic E-state index is 14.0. The summed E-state index contributed by atoms with van der Waals surface area (Å²) in [5.41, 5.74) is 0.899. The number of hydrogen-bond donors (Lipinski definition) is 0. The molecule has 2 unspecified atom stereocenters. The van der Waals surface area contributed by atoms with Crippen molar-refractivity contribution in [2.24, 2.45) is 0 Å². The van der Waals surface area contributed by atoms with Crippen LogP contribution in [0, 0.1) is 5.82 Å². The number of rotatable bonds is 6. The fraction of sp³-hybridized carbons (Fsp3) is 0.500. The summed E-state index contributed by atoms with van der Waals surface area (Å²) in [4.78, 5) is 19.0. The number of benzene rings is 1. The summed E-state index contributed by atoms with van der Waals surface area (Å²) in [6, 6.07) is 4.76. The predicted molar refractivity (Wildman–Crippen MR) is 114 cm³/mol. The van der Waals surface area contributed by atoms with Gasteiger partial charge in [-0.3, -0.25) is 4.90 Å². The van der Waals surface area contributed by atoms with Crippen molar-refractivity contribution in [2.75, 3.05) is 6.26 Å². The van der Waals surface area contributed by atoms with E-state index in [-0.39, 0.29) is 36.3 Å². The van der Waals surface area contributed by atoms with Crippen LogP contribution in [0.1, 0.15) is 45.4 Å². The Morgan fingerprint density at radius 1 is 1.45 bits per heavy atom. The topological polar surface area (TPSA) is 77.7 Å². The molecule has 0 bridgehead atoms. The molecular weight excluding hydrogens is 421 g/mol. The molecule has 1 saturated carbocycles. The summed E-state index contributed by atoms with van der Waals surface area (Å²) in [5, 5.41) is 3.93. The quantitative estimate of drug-likeness (QED) is 0.565. The fourth-order valence-corrected chi connectivity index (χ4v) is 4.10. The molecule has 2 heterocycles. The number of halogens is 1. The average molecular weight is 448 g/mol. The predicted octanol–water partition coefficient (Wildman–Crippen LogP) is 5.17. The molecule has 2 fully saturated rings. The molecule has 7 nitrogen and oxygen atoms in total. The second kappa shape index (κ2) is 8.63. The summed E-state index contributed by atoms with van der Waals surface area (Å²) in [7, 11) is 0. The number of aromatic nitrogens is 2. The number of amides is 1. The van der Waals surface area contributed by atoms with Gasteiger partial charge >= 0.3 is 6.09 Å². The first-order valence-corrected chi connectivity index (χ1v) is 11.5. The van der Waals surface area contributed by atoms with Gasteiger partial charge in [0.1, 0.15) is 18.0 Å². The van der Waals surface area contributed by atoms with Crippen molar-refractivity contribution >= 4 is 17.9 Å². The third-order valence-corrected chi connectivity index (χ3v) is 6.42. The van der Waals surface area contributed by atoms with Crippen LogP contribution in [0.25, 0.3) is 11.4 Å². The van der Waals surface area contributed by atoms with Crippen molar-refractivity contribution in [1.82, 2.24) is 15.0 Å². The van der Waals surface area contributed by atoms with E-state index in [4.69, 9.17) is 14.0 Å². The number of hydrogen-bond acceptors (Lipinski definition) is 7. The maximum absolute atomic E-state index is 14.0. The molecule has 0 radical (unpaired) electrons. The summed E-state index contributed by atoms with van der Waals surface area (Å²) < 4.78 is 30.8. The highest BCUT2D eigenvalue weighted by molar-refractivity contribution is 7.98. The van der Waals surface area contributed by atoms with Crippen LogP contribution in [-0.4, -0.2) is 45.1 Å². The maximum Gasteiger partial charge on any atom is 0.414 e. The molecule has 2 aromatic rings. The van der Waals surface area contributed by atoms with Crippen molar-refractivity contribution in [3.63, 3.8) is 0 Å². The van der Waals surface area contributed by atoms with E-state index in [1.54, 1.807) is 17.0 Å². The minimum absolute atomic E-state index is 0.0859. The number of thioether (sulfide) groups is 1. The molecule has 0 N–H and O–H groups in total. The van der Waals surface area contributed by atoms with Crippen molar-refractivity contribution < 1.29 is 23.2 Å². The van der Waals surface area contributed by atoms with Gasteiger partial charge in [-0.05, 0) is 57.6 Å². The van der Waals surface area contributed by atoms with Gasteiger partial charge in [0.2, 0.25) is 5.82 Å². The number of carbonyl (C=O) groups is 1. The van der Waals surface area contributed by atoms with Crippen LogP contribution in [0.4, 0.5) is 9.18 Å². The average Bonchev–Trinajstić information content (AvgIpc) is 3.24. The fourth-order valence-electron chi connectivity index (χ4n) is 3.64. The molecule has 1 amide bonds. The SMILES string of the molecule is C=C1CC(OCc2nc(-c3ccc(SC)c(F)c3)no2)CC(C)N1C(=O)OC1(C)CC1. The van der Waals surface area contributed by atoms with E-state index >= 15 is 0 Å². The molecule has 2 aliphatic rings. The Morgan fingerprint density at radius 3 is 2.87 bits per heavy atom. The monoisotopic (exact) mass is 447 g/mol. The lowest BCUT2D eigenvalue weighted by Gasteiger charge is -2.38. The van der Waals surface area contributed by atoms with E-state index in [2.05, 4.69) is 16.7 Å². The van der Waals surface area contributed by atoms with Gasteiger partial charge in [-0.25, -0.2) is 9.18 Å². The van der Waals surface area contributed by atoms with Crippen LogP contribution in [0.2, 0.25) is 0 Å². The number of piperidine rings is 1. The van der Waals surface area contributed by atoms with Crippen molar-refractivity contribution in [3.8, 4) is 11.4 Å². The van der Waals surface area contributed by atoms with Gasteiger partial charge < -0.3 is 14.0 Å². The molecular formula is C22H26FN3O4S. The van der Waals surface area contributed by atoms with Gasteiger partial charge in [0, 0.05) is 28.6 Å². The number of carbonyl (C=O) groups excluding carboxylic acids is 1. The number of likely N-dealkylation sites (tertiary alicyclic amines) is 1. The minimum Gasteiger partial charge on any atom is -0.443 e. The van der Waals surface area contributed by atoms with E-state index < -0.39 is 0 Å². The van der Waals surface area contributed by atoms with E-state index in [0.29, 0.717) is 40.7 Å². The van der Waals surface area contributed by atoms with Gasteiger partial charge in [0.05, 0.1) is 6.10 Å². The lowest BCUT2D eigenvalue weighted by molar-refractivity contribution is -0.0173. The van der Waals surface area contributed by atoms with Gasteiger partial charge in [-0.15, -0.1) is 11.8 Å². The Morgan fingerprint density at radius 2 is 2.23 bits per heavy atom. The molecule has 1 saturated heterocycles. The second-order valence-electron chi connectivity index (χ2n) is 8.34. The Balaban J connectivity index is 1.33. The molecule has 1 aromatic carbocycles. The van der Waals surface area contributed by atoms with Gasteiger partial charge in [-0.2, -0.15) is 4.98 Å². The summed E-state index contributed by atoms with van der Waals surface area (Å²) in [6.07, 6.45) is 4.32. The van der Waals surface area contributed by atoms with Crippen LogP contribution in [-0.2, 0) is 16.1 Å². The number of nitrogens with zero attached hydrogens (tertiary/aromatic N) is 3. The Kier molecular flexibility index (Phi) is 6.07. The summed E-state index contributed by atoms with van der Waals surface area (Å²) in [5.74, 6) is 0.307. The third-order valence-electron chi connectivity index (χ3n) is 5.65. The van der Waals surface area contributed by atoms with Crippen LogP contribution in [0.5, 0.6) is 0 Å². The zero-order valence-corrected chi connectivity index (χ0v) is 18.7. The Labute approximate surface area is 185 Å². The van der Waals surface area contributed by atoms with Crippen molar-refractivity contribution in [1.29, 1.82) is 0 Å². The van der Waals surface area contributed by atoms with Gasteiger partial charge in [0.15, 0.2) is 0 Å². The van der Waals surface area contributed by atoms with E-state index in [9.17, 15) is 9.18 Å². The molecule has 9 heteroatoms. The molecule has 1 aliphatic heterocycles. The molecule has 31 heavy (non-hydrogen) atoms. The number of ether oxygens (including phenoxy) is 2. The van der Waals surface area contributed by atoms with Crippen LogP contribution < -0.4 is 0 Å². The molecule has 2 atom stereocenters. The molecule has 166 valence electrons. The Bertz CT molecular complexity index is 991. The normalized spacial score (nSPS) is 22.5. The highest BCUT2D eigenvalue weighted by Crippen LogP contribution is 2.40. The zero-order chi connectivity index (χ0) is 22.2. The standard InChI is InChI=1S/C22H26FN3O4S/c1-13-9-16(10-14(2)26(13)21(27)29-22(3)7-8-22)28-12-19-24-20(25-30-19)15-5-6-18(31-4)17(23)11-15/h5-6,11,14,16H,1,7-10,12H2,2-4H3. The summed E-state index contributed by atoms with van der Waals surface area (Å²) >= 11 is 1.34. The largest absolute Gasteiger partial charge is 0.443 e. The van der Waals surface area contributed by atoms with Crippen LogP contribution in [0.3, 0.4) is 0 Å². The van der Waals surface area contributed by atoms with Gasteiger partial charge in [-0.1, -0.05) is 11.7 Å². The third kappa shape index (κ3) is 4.93. The van der Waals surface area contributed by atoms with E-state index in [0.717, 1.165) is 12.8 Å². The first-order chi connectivity index (χ1) is 14.8. The van der Waals surface area contributed by atoms with E-state index in [1.807, 2.05) is 20.1 Å². The second-order valence-corrected chi connectivity index (χ2v) is 9.19. The lowest BCUT2D eigenvalue weighted by Crippen LogP contribution is -2.46. The van der Waals surface area contributed by atoms with Gasteiger partial charge in [0.25, 0.3) is 5.89 Å². The first kappa shape index (κ1) is 21.8. The van der Waals surface area contributed by atoms with Crippen LogP contribution in [0.15, 0.2) is 39.9 Å². The van der Waals surface area contributed by atoms with Crippen molar-refractivity contribution in [2.45, 2.75) is 68.8 Å². The smallest absolute Gasteiger partial charge is 0.414 e. The highest BCUT2D eigenvalue weighted by Gasteiger charge is 2.44. The zero-order valence-electron chi connectivity index (χ0n) is 17.9. The lowest BCUT2D eigenvalue weighted by atomic mass is 9.99. The first-order valence-electron chi connectivity index (χ1n) is 10.3. The minimum atomic E-state index is -0.336. The van der Waals surface area contributed by atoms with Crippen molar-refractivity contribution in [3.05, 3.63) is 42.2 Å². The molecule has 0 spiro atoms. The highest BCUT2D eigenvalue weighted by atomic mass is 32.2. The summed E-state index contributed by atoms with van der Waals surface area (Å²) in [6.45, 7) is 8.07. The van der Waals surface area contributed by atoms with E-state index in [1.165, 1.54) is 17.8 Å². The molecule has 1 aromatic heterocycles. The Hall–Kier alpha value is -2.39. The van der Waals surface area contributed by atoms with Crippen LogP contribution >= 0.6 is 11.8 Å². The molecule has 4 rings (SSSR count). The molecule has 1 aliphatic carbocycles.